The van der Waals surface area contributed by atoms with E-state index < -0.39 is 0 Å². The van der Waals surface area contributed by atoms with Crippen molar-refractivity contribution in [3.63, 3.8) is 0 Å². The molecule has 74 valence electrons. The van der Waals surface area contributed by atoms with E-state index in [2.05, 4.69) is 41.5 Å². The average Bonchev–Trinajstić information content (AvgIpc) is 1.78. The Bertz CT molecular complexity index is 125. The molecule has 0 aliphatic rings. The minimum absolute atomic E-state index is 0.0992. The Labute approximate surface area is 76.6 Å². The van der Waals surface area contributed by atoms with Crippen molar-refractivity contribution >= 4 is 0 Å². The van der Waals surface area contributed by atoms with Crippen molar-refractivity contribution in [1.82, 2.24) is 0 Å². The first-order valence-corrected chi connectivity index (χ1v) is 4.73. The highest BCUT2D eigenvalue weighted by molar-refractivity contribution is 4.78. The molecule has 1 heteroatoms. The summed E-state index contributed by atoms with van der Waals surface area (Å²) in [4.78, 5) is 0. The van der Waals surface area contributed by atoms with Crippen molar-refractivity contribution in [2.45, 2.75) is 48.0 Å². The summed E-state index contributed by atoms with van der Waals surface area (Å²) in [5.74, 6) is 0.192. The summed E-state index contributed by atoms with van der Waals surface area (Å²) in [5, 5.41) is 0. The second-order valence-corrected chi connectivity index (χ2v) is 5.98. The van der Waals surface area contributed by atoms with Crippen LogP contribution in [0.4, 0.5) is 4.39 Å². The molecule has 0 spiro atoms. The van der Waals surface area contributed by atoms with Gasteiger partial charge in [0.05, 0.1) is 6.67 Å². The van der Waals surface area contributed by atoms with Crippen molar-refractivity contribution in [3.8, 4) is 0 Å². The maximum Gasteiger partial charge on any atom is 0.0927 e. The highest BCUT2D eigenvalue weighted by Crippen LogP contribution is 2.35. The fourth-order valence-electron chi connectivity index (χ4n) is 1.33. The molecular formula is C11H23F. The van der Waals surface area contributed by atoms with Crippen LogP contribution >= 0.6 is 0 Å². The maximum absolute atomic E-state index is 12.7. The van der Waals surface area contributed by atoms with E-state index in [0.29, 0.717) is 0 Å². The molecule has 1 atom stereocenters. The second-order valence-electron chi connectivity index (χ2n) is 5.98. The quantitative estimate of drug-likeness (QED) is 0.592. The summed E-state index contributed by atoms with van der Waals surface area (Å²) in [5.41, 5.74) is 0.339. The van der Waals surface area contributed by atoms with Crippen molar-refractivity contribution in [2.24, 2.45) is 16.7 Å². The summed E-state index contributed by atoms with van der Waals surface area (Å²) in [6.45, 7) is 12.7. The zero-order chi connectivity index (χ0) is 9.99. The van der Waals surface area contributed by atoms with Crippen LogP contribution in [0.5, 0.6) is 0 Å². The Balaban J connectivity index is 4.20. The zero-order valence-corrected chi connectivity index (χ0v) is 9.37. The Kier molecular flexibility index (Phi) is 3.74. The molecule has 0 aromatic heterocycles. The predicted octanol–water partition coefficient (Wildman–Crippen LogP) is 4.05. The van der Waals surface area contributed by atoms with Gasteiger partial charge in [0.25, 0.3) is 0 Å². The zero-order valence-electron chi connectivity index (χ0n) is 9.37. The molecule has 0 aromatic carbocycles. The topological polar surface area (TPSA) is 0 Å². The second kappa shape index (κ2) is 3.76. The fourth-order valence-corrected chi connectivity index (χ4v) is 1.33. The molecular weight excluding hydrogens is 151 g/mol. The first kappa shape index (κ1) is 11.9. The standard InChI is InChI=1S/C11H23F/c1-10(2,3)7-9(8-12)11(4,5)6/h9H,7-8H2,1-6H3. The van der Waals surface area contributed by atoms with E-state index in [1.165, 1.54) is 0 Å². The third kappa shape index (κ3) is 4.74. The molecule has 0 nitrogen and oxygen atoms in total. The number of hydrogen-bond donors (Lipinski definition) is 0. The third-order valence-electron chi connectivity index (χ3n) is 2.27. The van der Waals surface area contributed by atoms with E-state index in [9.17, 15) is 4.39 Å². The van der Waals surface area contributed by atoms with E-state index in [1.54, 1.807) is 0 Å². The lowest BCUT2D eigenvalue weighted by Crippen LogP contribution is -2.27. The number of hydrogen-bond acceptors (Lipinski definition) is 0. The summed E-state index contributed by atoms with van der Waals surface area (Å²) < 4.78 is 12.7. The molecule has 12 heavy (non-hydrogen) atoms. The van der Waals surface area contributed by atoms with Crippen LogP contribution in [0.25, 0.3) is 0 Å². The van der Waals surface area contributed by atoms with Gasteiger partial charge >= 0.3 is 0 Å². The van der Waals surface area contributed by atoms with E-state index in [4.69, 9.17) is 0 Å². The summed E-state index contributed by atoms with van der Waals surface area (Å²) in [7, 11) is 0. The van der Waals surface area contributed by atoms with Crippen LogP contribution in [0.3, 0.4) is 0 Å². The number of alkyl halides is 1. The SMILES string of the molecule is CC(C)(C)CC(CF)C(C)(C)C. The molecule has 0 rings (SSSR count). The Morgan fingerprint density at radius 2 is 1.42 bits per heavy atom. The smallest absolute Gasteiger partial charge is 0.0927 e. The lowest BCUT2D eigenvalue weighted by molar-refractivity contribution is 0.133. The van der Waals surface area contributed by atoms with E-state index in [1.807, 2.05) is 0 Å². The van der Waals surface area contributed by atoms with Crippen molar-refractivity contribution in [3.05, 3.63) is 0 Å². The molecule has 0 radical (unpaired) electrons. The molecule has 1 unspecified atom stereocenters. The lowest BCUT2D eigenvalue weighted by atomic mass is 9.73. The Morgan fingerprint density at radius 3 is 1.50 bits per heavy atom. The van der Waals surface area contributed by atoms with Gasteiger partial charge in [-0.2, -0.15) is 0 Å². The van der Waals surface area contributed by atoms with Crippen molar-refractivity contribution < 1.29 is 4.39 Å². The van der Waals surface area contributed by atoms with Gasteiger partial charge in [0.1, 0.15) is 0 Å². The maximum atomic E-state index is 12.7. The normalized spacial score (nSPS) is 16.2. The van der Waals surface area contributed by atoms with Gasteiger partial charge in [0, 0.05) is 0 Å². The van der Waals surface area contributed by atoms with Gasteiger partial charge in [-0.1, -0.05) is 41.5 Å². The summed E-state index contributed by atoms with van der Waals surface area (Å²) in [6, 6.07) is 0. The molecule has 0 fully saturated rings. The molecule has 0 amide bonds. The van der Waals surface area contributed by atoms with Gasteiger partial charge in [-0.3, -0.25) is 4.39 Å². The van der Waals surface area contributed by atoms with E-state index in [0.717, 1.165) is 6.42 Å². The Morgan fingerprint density at radius 1 is 1.00 bits per heavy atom. The van der Waals surface area contributed by atoms with E-state index in [-0.39, 0.29) is 23.4 Å². The predicted molar refractivity (Wildman–Crippen MR) is 53.0 cm³/mol. The van der Waals surface area contributed by atoms with Crippen molar-refractivity contribution in [1.29, 1.82) is 0 Å². The van der Waals surface area contributed by atoms with Crippen LogP contribution in [0.1, 0.15) is 48.0 Å². The molecule has 0 saturated heterocycles. The van der Waals surface area contributed by atoms with Gasteiger partial charge in [-0.05, 0) is 23.2 Å². The van der Waals surface area contributed by atoms with Crippen LogP contribution < -0.4 is 0 Å². The fraction of sp³-hybridized carbons (Fsp3) is 1.00. The molecule has 0 N–H and O–H groups in total. The first-order valence-electron chi connectivity index (χ1n) is 4.73. The van der Waals surface area contributed by atoms with Crippen LogP contribution in [-0.4, -0.2) is 6.67 Å². The first-order chi connectivity index (χ1) is 5.17. The molecule has 0 heterocycles. The van der Waals surface area contributed by atoms with Gasteiger partial charge in [-0.15, -0.1) is 0 Å². The molecule has 0 aliphatic carbocycles. The monoisotopic (exact) mass is 174 g/mol. The van der Waals surface area contributed by atoms with Crippen LogP contribution in [-0.2, 0) is 0 Å². The molecule has 0 aromatic rings. The number of rotatable bonds is 2. The lowest BCUT2D eigenvalue weighted by Gasteiger charge is -2.33. The largest absolute Gasteiger partial charge is 0.251 e. The third-order valence-corrected chi connectivity index (χ3v) is 2.27. The van der Waals surface area contributed by atoms with Crippen LogP contribution in [0.2, 0.25) is 0 Å². The van der Waals surface area contributed by atoms with Crippen LogP contribution in [0, 0.1) is 16.7 Å². The number of halogens is 1. The summed E-state index contributed by atoms with van der Waals surface area (Å²) >= 11 is 0. The van der Waals surface area contributed by atoms with Crippen molar-refractivity contribution in [2.75, 3.05) is 6.67 Å². The minimum Gasteiger partial charge on any atom is -0.251 e. The molecule has 0 bridgehead atoms. The minimum atomic E-state index is -0.194. The highest BCUT2D eigenvalue weighted by Gasteiger charge is 2.28. The average molecular weight is 174 g/mol. The van der Waals surface area contributed by atoms with Gasteiger partial charge in [0.2, 0.25) is 0 Å². The van der Waals surface area contributed by atoms with E-state index >= 15 is 0 Å². The molecule has 0 saturated carbocycles. The van der Waals surface area contributed by atoms with Crippen LogP contribution in [0.15, 0.2) is 0 Å². The van der Waals surface area contributed by atoms with Gasteiger partial charge in [-0.25, -0.2) is 0 Å². The highest BCUT2D eigenvalue weighted by atomic mass is 19.1. The Hall–Kier alpha value is -0.0700. The molecule has 0 aliphatic heterocycles. The van der Waals surface area contributed by atoms with Gasteiger partial charge in [0.15, 0.2) is 0 Å². The summed E-state index contributed by atoms with van der Waals surface area (Å²) in [6.07, 6.45) is 0.965. The van der Waals surface area contributed by atoms with Gasteiger partial charge < -0.3 is 0 Å².